The molecular weight excluding hydrogens is 220 g/mol. The van der Waals surface area contributed by atoms with Crippen molar-refractivity contribution in [3.8, 4) is 0 Å². The largest absolute Gasteiger partial charge is 0.379 e. The molecule has 0 amide bonds. The molecule has 0 aromatic carbocycles. The van der Waals surface area contributed by atoms with Crippen molar-refractivity contribution in [1.29, 1.82) is 0 Å². The highest BCUT2D eigenvalue weighted by Crippen LogP contribution is 2.27. The summed E-state index contributed by atoms with van der Waals surface area (Å²) >= 11 is 3.61. The summed E-state index contributed by atoms with van der Waals surface area (Å²) in [5, 5.41) is 0. The standard InChI is InChI=1S/C9H17BrO2/c1-2-11-6-7-12-9-5-3-4-8(9)10/h8-9H,2-7H2,1H3. The topological polar surface area (TPSA) is 18.5 Å². The molecule has 72 valence electrons. The highest BCUT2D eigenvalue weighted by molar-refractivity contribution is 9.09. The van der Waals surface area contributed by atoms with Crippen LogP contribution in [0.5, 0.6) is 0 Å². The van der Waals surface area contributed by atoms with Crippen LogP contribution < -0.4 is 0 Å². The van der Waals surface area contributed by atoms with Crippen LogP contribution in [0, 0.1) is 0 Å². The first-order chi connectivity index (χ1) is 5.84. The summed E-state index contributed by atoms with van der Waals surface area (Å²) in [6.45, 7) is 4.25. The van der Waals surface area contributed by atoms with Crippen LogP contribution in [0.25, 0.3) is 0 Å². The Hall–Kier alpha value is 0.400. The second-order valence-electron chi connectivity index (χ2n) is 3.05. The summed E-state index contributed by atoms with van der Waals surface area (Å²) in [5.41, 5.74) is 0. The lowest BCUT2D eigenvalue weighted by atomic mass is 10.3. The van der Waals surface area contributed by atoms with E-state index in [1.54, 1.807) is 0 Å². The molecule has 0 aromatic rings. The molecule has 1 aliphatic carbocycles. The smallest absolute Gasteiger partial charge is 0.0704 e. The van der Waals surface area contributed by atoms with E-state index in [1.165, 1.54) is 19.3 Å². The van der Waals surface area contributed by atoms with Gasteiger partial charge in [0, 0.05) is 11.4 Å². The Morgan fingerprint density at radius 3 is 2.75 bits per heavy atom. The second kappa shape index (κ2) is 5.95. The molecule has 0 aliphatic heterocycles. The second-order valence-corrected chi connectivity index (χ2v) is 4.23. The van der Waals surface area contributed by atoms with Crippen molar-refractivity contribution in [2.24, 2.45) is 0 Å². The van der Waals surface area contributed by atoms with Gasteiger partial charge in [-0.3, -0.25) is 0 Å². The zero-order valence-electron chi connectivity index (χ0n) is 7.59. The molecule has 1 saturated carbocycles. The lowest BCUT2D eigenvalue weighted by molar-refractivity contribution is 0.0136. The Balaban J connectivity index is 1.98. The van der Waals surface area contributed by atoms with Crippen molar-refractivity contribution in [3.63, 3.8) is 0 Å². The van der Waals surface area contributed by atoms with Crippen LogP contribution in [-0.4, -0.2) is 30.8 Å². The monoisotopic (exact) mass is 236 g/mol. The Morgan fingerprint density at radius 1 is 1.33 bits per heavy atom. The third kappa shape index (κ3) is 3.42. The Morgan fingerprint density at radius 2 is 2.17 bits per heavy atom. The number of ether oxygens (including phenoxy) is 2. The van der Waals surface area contributed by atoms with Crippen LogP contribution in [0.1, 0.15) is 26.2 Å². The third-order valence-corrected chi connectivity index (χ3v) is 3.18. The van der Waals surface area contributed by atoms with Gasteiger partial charge >= 0.3 is 0 Å². The maximum atomic E-state index is 5.65. The van der Waals surface area contributed by atoms with Gasteiger partial charge < -0.3 is 9.47 Å². The van der Waals surface area contributed by atoms with Crippen molar-refractivity contribution in [2.75, 3.05) is 19.8 Å². The van der Waals surface area contributed by atoms with Crippen LogP contribution in [0.2, 0.25) is 0 Å². The summed E-state index contributed by atoms with van der Waals surface area (Å²) in [5.74, 6) is 0. The Bertz CT molecular complexity index is 119. The first-order valence-corrected chi connectivity index (χ1v) is 5.59. The fraction of sp³-hybridized carbons (Fsp3) is 1.00. The van der Waals surface area contributed by atoms with Crippen molar-refractivity contribution in [1.82, 2.24) is 0 Å². The summed E-state index contributed by atoms with van der Waals surface area (Å²) in [7, 11) is 0. The summed E-state index contributed by atoms with van der Waals surface area (Å²) in [6.07, 6.45) is 4.15. The van der Waals surface area contributed by atoms with Gasteiger partial charge in [0.2, 0.25) is 0 Å². The van der Waals surface area contributed by atoms with Crippen LogP contribution in [0.4, 0.5) is 0 Å². The molecule has 2 nitrogen and oxygen atoms in total. The summed E-state index contributed by atoms with van der Waals surface area (Å²) in [4.78, 5) is 0.569. The lowest BCUT2D eigenvalue weighted by Gasteiger charge is -2.14. The first kappa shape index (κ1) is 10.5. The fourth-order valence-electron chi connectivity index (χ4n) is 1.47. The molecule has 0 radical (unpaired) electrons. The fourth-order valence-corrected chi connectivity index (χ4v) is 2.21. The molecule has 0 aromatic heterocycles. The minimum Gasteiger partial charge on any atom is -0.379 e. The van der Waals surface area contributed by atoms with Crippen molar-refractivity contribution >= 4 is 15.9 Å². The number of alkyl halides is 1. The van der Waals surface area contributed by atoms with E-state index in [-0.39, 0.29) is 0 Å². The summed E-state index contributed by atoms with van der Waals surface area (Å²) in [6, 6.07) is 0. The first-order valence-electron chi connectivity index (χ1n) is 4.68. The van der Waals surface area contributed by atoms with Crippen LogP contribution in [-0.2, 0) is 9.47 Å². The molecule has 1 rings (SSSR count). The third-order valence-electron chi connectivity index (χ3n) is 2.14. The van der Waals surface area contributed by atoms with E-state index in [4.69, 9.17) is 9.47 Å². The number of rotatable bonds is 5. The number of halogens is 1. The van der Waals surface area contributed by atoms with E-state index in [9.17, 15) is 0 Å². The van der Waals surface area contributed by atoms with E-state index in [2.05, 4.69) is 15.9 Å². The zero-order valence-corrected chi connectivity index (χ0v) is 9.18. The van der Waals surface area contributed by atoms with Gasteiger partial charge in [0.05, 0.1) is 19.3 Å². The molecule has 1 aliphatic rings. The predicted molar refractivity (Wildman–Crippen MR) is 52.8 cm³/mol. The molecule has 0 saturated heterocycles. The van der Waals surface area contributed by atoms with E-state index in [1.807, 2.05) is 6.92 Å². The molecular formula is C9H17BrO2. The molecule has 2 unspecified atom stereocenters. The van der Waals surface area contributed by atoms with E-state index < -0.39 is 0 Å². The van der Waals surface area contributed by atoms with Gasteiger partial charge in [-0.1, -0.05) is 15.9 Å². The van der Waals surface area contributed by atoms with Gasteiger partial charge in [-0.25, -0.2) is 0 Å². The molecule has 12 heavy (non-hydrogen) atoms. The molecule has 3 heteroatoms. The minimum atomic E-state index is 0.422. The van der Waals surface area contributed by atoms with E-state index in [0.29, 0.717) is 10.9 Å². The highest BCUT2D eigenvalue weighted by Gasteiger charge is 2.24. The van der Waals surface area contributed by atoms with Crippen LogP contribution in [0.3, 0.4) is 0 Å². The van der Waals surface area contributed by atoms with Crippen molar-refractivity contribution in [2.45, 2.75) is 37.1 Å². The number of hydrogen-bond acceptors (Lipinski definition) is 2. The molecule has 1 fully saturated rings. The van der Waals surface area contributed by atoms with Gasteiger partial charge in [0.25, 0.3) is 0 Å². The minimum absolute atomic E-state index is 0.422. The molecule has 0 spiro atoms. The van der Waals surface area contributed by atoms with Crippen molar-refractivity contribution in [3.05, 3.63) is 0 Å². The molecule has 0 bridgehead atoms. The van der Waals surface area contributed by atoms with Gasteiger partial charge in [0.15, 0.2) is 0 Å². The zero-order chi connectivity index (χ0) is 8.81. The van der Waals surface area contributed by atoms with E-state index in [0.717, 1.165) is 19.8 Å². The predicted octanol–water partition coefficient (Wildman–Crippen LogP) is 2.36. The van der Waals surface area contributed by atoms with Crippen molar-refractivity contribution < 1.29 is 9.47 Å². The highest BCUT2D eigenvalue weighted by atomic mass is 79.9. The normalized spacial score (nSPS) is 29.5. The molecule has 2 atom stereocenters. The van der Waals surface area contributed by atoms with Crippen LogP contribution >= 0.6 is 15.9 Å². The number of hydrogen-bond donors (Lipinski definition) is 0. The average molecular weight is 237 g/mol. The maximum Gasteiger partial charge on any atom is 0.0704 e. The lowest BCUT2D eigenvalue weighted by Crippen LogP contribution is -2.20. The average Bonchev–Trinajstić information content (AvgIpc) is 2.46. The van der Waals surface area contributed by atoms with Gasteiger partial charge in [-0.2, -0.15) is 0 Å². The molecule has 0 heterocycles. The maximum absolute atomic E-state index is 5.65. The summed E-state index contributed by atoms with van der Waals surface area (Å²) < 4.78 is 10.8. The SMILES string of the molecule is CCOCCOC1CCCC1Br. The van der Waals surface area contributed by atoms with Gasteiger partial charge in [0.1, 0.15) is 0 Å². The Labute approximate surface area is 82.7 Å². The van der Waals surface area contributed by atoms with Crippen LogP contribution in [0.15, 0.2) is 0 Å². The van der Waals surface area contributed by atoms with E-state index >= 15 is 0 Å². The van der Waals surface area contributed by atoms with Gasteiger partial charge in [-0.05, 0) is 26.2 Å². The van der Waals surface area contributed by atoms with Gasteiger partial charge in [-0.15, -0.1) is 0 Å². The Kier molecular flexibility index (Phi) is 5.19. The quantitative estimate of drug-likeness (QED) is 0.539. The molecule has 0 N–H and O–H groups in total.